The zero-order chi connectivity index (χ0) is 21.8. The Bertz CT molecular complexity index is 560. The van der Waals surface area contributed by atoms with E-state index in [1.807, 2.05) is 0 Å². The van der Waals surface area contributed by atoms with E-state index in [1.165, 1.54) is 57.8 Å². The second-order valence-corrected chi connectivity index (χ2v) is 11.1. The van der Waals surface area contributed by atoms with E-state index >= 15 is 0 Å². The van der Waals surface area contributed by atoms with Crippen molar-refractivity contribution < 1.29 is 22.7 Å². The van der Waals surface area contributed by atoms with Gasteiger partial charge >= 0.3 is 12.1 Å². The highest BCUT2D eigenvalue weighted by Gasteiger charge is 2.42. The van der Waals surface area contributed by atoms with Crippen molar-refractivity contribution in [2.24, 2.45) is 35.5 Å². The topological polar surface area (TPSA) is 26.3 Å². The van der Waals surface area contributed by atoms with Gasteiger partial charge in [0.05, 0.1) is 11.8 Å². The second kappa shape index (κ2) is 10.5. The lowest BCUT2D eigenvalue weighted by Crippen LogP contribution is -2.34. The standard InChI is InChI=1S/C26H41F3O2/c27-26(28,29)23-14-16-24(17-15-23)31-25(30)22-12-10-21(11-13-22)20-8-6-19(7-9-20)18-4-2-1-3-5-18/h18-24H,1-17H2. The fourth-order valence-electron chi connectivity index (χ4n) is 7.29. The van der Waals surface area contributed by atoms with Crippen LogP contribution in [0.2, 0.25) is 0 Å². The summed E-state index contributed by atoms with van der Waals surface area (Å²) in [5.74, 6) is 2.17. The van der Waals surface area contributed by atoms with E-state index in [1.54, 1.807) is 0 Å². The quantitative estimate of drug-likeness (QED) is 0.414. The van der Waals surface area contributed by atoms with Crippen LogP contribution in [-0.2, 0) is 9.53 Å². The maximum Gasteiger partial charge on any atom is 0.391 e. The molecule has 0 aromatic rings. The number of hydrogen-bond donors (Lipinski definition) is 0. The molecule has 0 aliphatic heterocycles. The molecular formula is C26H41F3O2. The van der Waals surface area contributed by atoms with Crippen molar-refractivity contribution in [3.63, 3.8) is 0 Å². The molecule has 0 N–H and O–H groups in total. The van der Waals surface area contributed by atoms with Gasteiger partial charge in [0.1, 0.15) is 6.10 Å². The molecule has 4 fully saturated rings. The summed E-state index contributed by atoms with van der Waals surface area (Å²) in [5.41, 5.74) is 0. The first-order chi connectivity index (χ1) is 14.9. The summed E-state index contributed by atoms with van der Waals surface area (Å²) in [6.45, 7) is 0. The Morgan fingerprint density at radius 1 is 0.581 bits per heavy atom. The Labute approximate surface area is 186 Å². The number of hydrogen-bond acceptors (Lipinski definition) is 2. The Kier molecular flexibility index (Phi) is 7.90. The highest BCUT2D eigenvalue weighted by Crippen LogP contribution is 2.45. The Balaban J connectivity index is 1.14. The van der Waals surface area contributed by atoms with Crippen LogP contribution in [0.1, 0.15) is 109 Å². The maximum atomic E-state index is 12.8. The molecule has 4 aliphatic rings. The molecule has 4 aliphatic carbocycles. The second-order valence-electron chi connectivity index (χ2n) is 11.1. The number of alkyl halides is 3. The number of rotatable bonds is 4. The van der Waals surface area contributed by atoms with E-state index in [2.05, 4.69) is 0 Å². The molecule has 0 amide bonds. The molecule has 0 saturated heterocycles. The van der Waals surface area contributed by atoms with Gasteiger partial charge in [0.15, 0.2) is 0 Å². The van der Waals surface area contributed by atoms with E-state index in [0.29, 0.717) is 12.8 Å². The van der Waals surface area contributed by atoms with Crippen molar-refractivity contribution in [2.75, 3.05) is 0 Å². The van der Waals surface area contributed by atoms with Crippen molar-refractivity contribution in [1.29, 1.82) is 0 Å². The van der Waals surface area contributed by atoms with Gasteiger partial charge in [-0.05, 0) is 101 Å². The number of halogens is 3. The predicted molar refractivity (Wildman–Crippen MR) is 115 cm³/mol. The Morgan fingerprint density at radius 3 is 1.52 bits per heavy atom. The van der Waals surface area contributed by atoms with Gasteiger partial charge in [-0.1, -0.05) is 32.1 Å². The third-order valence-electron chi connectivity index (χ3n) is 9.32. The van der Waals surface area contributed by atoms with Crippen LogP contribution in [0.25, 0.3) is 0 Å². The van der Waals surface area contributed by atoms with E-state index in [-0.39, 0.29) is 30.8 Å². The largest absolute Gasteiger partial charge is 0.462 e. The Morgan fingerprint density at radius 2 is 1.03 bits per heavy atom. The van der Waals surface area contributed by atoms with Crippen molar-refractivity contribution in [2.45, 2.75) is 121 Å². The van der Waals surface area contributed by atoms with Crippen LogP contribution in [0.3, 0.4) is 0 Å². The fraction of sp³-hybridized carbons (Fsp3) is 0.962. The third kappa shape index (κ3) is 6.19. The first kappa shape index (κ1) is 23.4. The summed E-state index contributed by atoms with van der Waals surface area (Å²) in [6.07, 6.45) is 13.4. The zero-order valence-corrected chi connectivity index (χ0v) is 19.0. The van der Waals surface area contributed by atoms with Gasteiger partial charge in [-0.2, -0.15) is 13.2 Å². The first-order valence-electron chi connectivity index (χ1n) is 13.2. The van der Waals surface area contributed by atoms with Crippen LogP contribution < -0.4 is 0 Å². The monoisotopic (exact) mass is 442 g/mol. The van der Waals surface area contributed by atoms with Crippen LogP contribution in [0.5, 0.6) is 0 Å². The van der Waals surface area contributed by atoms with Crippen molar-refractivity contribution in [3.05, 3.63) is 0 Å². The highest BCUT2D eigenvalue weighted by atomic mass is 19.4. The number of ether oxygens (including phenoxy) is 1. The molecule has 0 radical (unpaired) electrons. The molecular weight excluding hydrogens is 401 g/mol. The van der Waals surface area contributed by atoms with E-state index in [0.717, 1.165) is 49.4 Å². The van der Waals surface area contributed by atoms with Crippen LogP contribution in [-0.4, -0.2) is 18.2 Å². The lowest BCUT2D eigenvalue weighted by molar-refractivity contribution is -0.189. The van der Waals surface area contributed by atoms with Crippen LogP contribution in [0.15, 0.2) is 0 Å². The molecule has 0 heterocycles. The van der Waals surface area contributed by atoms with Gasteiger partial charge < -0.3 is 4.74 Å². The lowest BCUT2D eigenvalue weighted by atomic mass is 9.66. The number of carbonyl (C=O) groups excluding carboxylic acids is 1. The molecule has 31 heavy (non-hydrogen) atoms. The van der Waals surface area contributed by atoms with Crippen LogP contribution in [0, 0.1) is 35.5 Å². The summed E-state index contributed by atoms with van der Waals surface area (Å²) < 4.78 is 44.1. The molecule has 5 heteroatoms. The number of esters is 1. The zero-order valence-electron chi connectivity index (χ0n) is 19.0. The average molecular weight is 443 g/mol. The molecule has 2 nitrogen and oxygen atoms in total. The van der Waals surface area contributed by atoms with Gasteiger partial charge in [0, 0.05) is 0 Å². The van der Waals surface area contributed by atoms with Crippen molar-refractivity contribution >= 4 is 5.97 Å². The van der Waals surface area contributed by atoms with Crippen molar-refractivity contribution in [1.82, 2.24) is 0 Å². The average Bonchev–Trinajstić information content (AvgIpc) is 2.80. The normalized spacial score (nSPS) is 38.5. The summed E-state index contributed by atoms with van der Waals surface area (Å²) >= 11 is 0. The lowest BCUT2D eigenvalue weighted by Gasteiger charge is -2.40. The molecule has 0 bridgehead atoms. The maximum absolute atomic E-state index is 12.8. The molecule has 0 atom stereocenters. The third-order valence-corrected chi connectivity index (χ3v) is 9.32. The summed E-state index contributed by atoms with van der Waals surface area (Å²) in [7, 11) is 0. The summed E-state index contributed by atoms with van der Waals surface area (Å²) in [6, 6.07) is 0. The molecule has 0 spiro atoms. The molecule has 178 valence electrons. The fourth-order valence-corrected chi connectivity index (χ4v) is 7.29. The number of carbonyl (C=O) groups is 1. The minimum Gasteiger partial charge on any atom is -0.462 e. The SMILES string of the molecule is O=C(OC1CCC(C(F)(F)F)CC1)C1CCC(C2CCC(C3CCCCC3)CC2)CC1. The highest BCUT2D eigenvalue weighted by molar-refractivity contribution is 5.72. The van der Waals surface area contributed by atoms with Gasteiger partial charge in [-0.25, -0.2) is 0 Å². The van der Waals surface area contributed by atoms with Gasteiger partial charge in [0.25, 0.3) is 0 Å². The minimum atomic E-state index is -4.11. The van der Waals surface area contributed by atoms with Crippen molar-refractivity contribution in [3.8, 4) is 0 Å². The molecule has 0 aromatic carbocycles. The van der Waals surface area contributed by atoms with Gasteiger partial charge in [-0.15, -0.1) is 0 Å². The van der Waals surface area contributed by atoms with Crippen LogP contribution >= 0.6 is 0 Å². The summed E-state index contributed by atoms with van der Waals surface area (Å²) in [4.78, 5) is 12.6. The van der Waals surface area contributed by atoms with Gasteiger partial charge in [-0.3, -0.25) is 4.79 Å². The first-order valence-corrected chi connectivity index (χ1v) is 13.2. The van der Waals surface area contributed by atoms with Crippen LogP contribution in [0.4, 0.5) is 13.2 Å². The molecule has 0 aromatic heterocycles. The predicted octanol–water partition coefficient (Wildman–Crippen LogP) is 7.84. The summed E-state index contributed by atoms with van der Waals surface area (Å²) in [5, 5.41) is 0. The van der Waals surface area contributed by atoms with E-state index in [4.69, 9.17) is 4.74 Å². The Hall–Kier alpha value is -0.740. The molecule has 4 saturated carbocycles. The minimum absolute atomic E-state index is 0.0323. The van der Waals surface area contributed by atoms with E-state index < -0.39 is 12.1 Å². The molecule has 4 rings (SSSR count). The van der Waals surface area contributed by atoms with E-state index in [9.17, 15) is 18.0 Å². The van der Waals surface area contributed by atoms with Gasteiger partial charge in [0.2, 0.25) is 0 Å². The molecule has 0 unspecified atom stereocenters. The smallest absolute Gasteiger partial charge is 0.391 e.